The van der Waals surface area contributed by atoms with E-state index < -0.39 is 0 Å². The van der Waals surface area contributed by atoms with E-state index in [1.54, 1.807) is 6.92 Å². The Bertz CT molecular complexity index is 372. The first-order chi connectivity index (χ1) is 9.13. The molecule has 1 aromatic carbocycles. The van der Waals surface area contributed by atoms with Gasteiger partial charge in [0, 0.05) is 26.2 Å². The van der Waals surface area contributed by atoms with Gasteiger partial charge in [0.1, 0.15) is 5.75 Å². The molecule has 1 rings (SSSR count). The van der Waals surface area contributed by atoms with Crippen LogP contribution in [0, 0.1) is 0 Å². The second-order valence-electron chi connectivity index (χ2n) is 4.43. The fourth-order valence-corrected chi connectivity index (χ4v) is 2.19. The maximum Gasteiger partial charge on any atom is 0.133 e. The minimum absolute atomic E-state index is 0.290. The van der Waals surface area contributed by atoms with Crippen molar-refractivity contribution in [3.8, 4) is 5.75 Å². The Hall–Kier alpha value is -0.620. The lowest BCUT2D eigenvalue weighted by Crippen LogP contribution is -2.31. The summed E-state index contributed by atoms with van der Waals surface area (Å²) in [5.74, 6) is 0.879. The maximum atomic E-state index is 9.09. The minimum Gasteiger partial charge on any atom is -0.493 e. The van der Waals surface area contributed by atoms with E-state index in [2.05, 4.69) is 38.7 Å². The molecule has 108 valence electrons. The van der Waals surface area contributed by atoms with Gasteiger partial charge in [-0.15, -0.1) is 0 Å². The number of rotatable bonds is 9. The van der Waals surface area contributed by atoms with E-state index in [-0.39, 0.29) is 6.10 Å². The van der Waals surface area contributed by atoms with E-state index in [9.17, 15) is 0 Å². The molecule has 1 aromatic rings. The first kappa shape index (κ1) is 16.4. The van der Waals surface area contributed by atoms with Crippen molar-refractivity contribution in [2.75, 3.05) is 26.2 Å². The summed E-state index contributed by atoms with van der Waals surface area (Å²) in [6, 6.07) is 6.11. The standard InChI is InChI=1S/C14H23BrN2O2/c1-3-19-14-5-4-12(8-13(14)15)10-17-7-6-16-9-11(2)18/h4-5,8,11,16-18H,3,6-7,9-10H2,1-2H3. The van der Waals surface area contributed by atoms with Crippen molar-refractivity contribution in [2.24, 2.45) is 0 Å². The molecule has 0 aliphatic heterocycles. The topological polar surface area (TPSA) is 53.5 Å². The van der Waals surface area contributed by atoms with Crippen LogP contribution in [-0.4, -0.2) is 37.5 Å². The average molecular weight is 331 g/mol. The Morgan fingerprint density at radius 2 is 2.05 bits per heavy atom. The lowest BCUT2D eigenvalue weighted by molar-refractivity contribution is 0.191. The summed E-state index contributed by atoms with van der Waals surface area (Å²) in [5.41, 5.74) is 1.21. The van der Waals surface area contributed by atoms with Crippen LogP contribution >= 0.6 is 15.9 Å². The smallest absolute Gasteiger partial charge is 0.133 e. The van der Waals surface area contributed by atoms with Gasteiger partial charge in [-0.2, -0.15) is 0 Å². The Labute approximate surface area is 123 Å². The monoisotopic (exact) mass is 330 g/mol. The number of halogens is 1. The highest BCUT2D eigenvalue weighted by Crippen LogP contribution is 2.25. The Kier molecular flexibility index (Phi) is 8.05. The van der Waals surface area contributed by atoms with Crippen LogP contribution in [0.4, 0.5) is 0 Å². The molecule has 0 aliphatic carbocycles. The lowest BCUT2D eigenvalue weighted by atomic mass is 10.2. The van der Waals surface area contributed by atoms with Crippen LogP contribution in [0.2, 0.25) is 0 Å². The summed E-state index contributed by atoms with van der Waals surface area (Å²) in [6.45, 7) is 7.60. The first-order valence-corrected chi connectivity index (χ1v) is 7.43. The van der Waals surface area contributed by atoms with Crippen LogP contribution in [0.3, 0.4) is 0 Å². The fraction of sp³-hybridized carbons (Fsp3) is 0.571. The zero-order valence-corrected chi connectivity index (χ0v) is 13.2. The van der Waals surface area contributed by atoms with Crippen molar-refractivity contribution in [1.82, 2.24) is 10.6 Å². The van der Waals surface area contributed by atoms with Gasteiger partial charge in [-0.05, 0) is 47.5 Å². The summed E-state index contributed by atoms with van der Waals surface area (Å²) in [5, 5.41) is 15.6. The normalized spacial score (nSPS) is 12.4. The Morgan fingerprint density at radius 1 is 1.32 bits per heavy atom. The molecule has 0 aliphatic rings. The quantitative estimate of drug-likeness (QED) is 0.605. The molecule has 0 amide bonds. The SMILES string of the molecule is CCOc1ccc(CNCCNCC(C)O)cc1Br. The molecule has 1 atom stereocenters. The number of aliphatic hydroxyl groups excluding tert-OH is 1. The zero-order chi connectivity index (χ0) is 14.1. The van der Waals surface area contributed by atoms with Crippen molar-refractivity contribution in [2.45, 2.75) is 26.5 Å². The van der Waals surface area contributed by atoms with E-state index in [4.69, 9.17) is 9.84 Å². The van der Waals surface area contributed by atoms with Gasteiger partial charge in [0.25, 0.3) is 0 Å². The van der Waals surface area contributed by atoms with E-state index >= 15 is 0 Å². The summed E-state index contributed by atoms with van der Waals surface area (Å²) in [6.07, 6.45) is -0.290. The van der Waals surface area contributed by atoms with E-state index in [1.807, 2.05) is 13.0 Å². The molecule has 0 aromatic heterocycles. The third-order valence-corrected chi connectivity index (χ3v) is 3.16. The van der Waals surface area contributed by atoms with Gasteiger partial charge in [0.2, 0.25) is 0 Å². The number of hydrogen-bond donors (Lipinski definition) is 3. The highest BCUT2D eigenvalue weighted by molar-refractivity contribution is 9.10. The van der Waals surface area contributed by atoms with Gasteiger partial charge in [0.15, 0.2) is 0 Å². The molecule has 0 heterocycles. The molecule has 0 saturated carbocycles. The van der Waals surface area contributed by atoms with Gasteiger partial charge < -0.3 is 20.5 Å². The fourth-order valence-electron chi connectivity index (χ4n) is 1.65. The van der Waals surface area contributed by atoms with Crippen molar-refractivity contribution in [3.63, 3.8) is 0 Å². The highest BCUT2D eigenvalue weighted by atomic mass is 79.9. The van der Waals surface area contributed by atoms with E-state index in [0.29, 0.717) is 13.2 Å². The molecular formula is C14H23BrN2O2. The van der Waals surface area contributed by atoms with Crippen molar-refractivity contribution >= 4 is 15.9 Å². The van der Waals surface area contributed by atoms with Crippen LogP contribution < -0.4 is 15.4 Å². The first-order valence-electron chi connectivity index (χ1n) is 6.64. The largest absolute Gasteiger partial charge is 0.493 e. The van der Waals surface area contributed by atoms with Crippen LogP contribution in [0.15, 0.2) is 22.7 Å². The number of nitrogens with one attached hydrogen (secondary N) is 2. The predicted molar refractivity (Wildman–Crippen MR) is 81.6 cm³/mol. The molecule has 0 radical (unpaired) electrons. The predicted octanol–water partition coefficient (Wildman–Crippen LogP) is 1.91. The van der Waals surface area contributed by atoms with Gasteiger partial charge in [-0.3, -0.25) is 0 Å². The third-order valence-electron chi connectivity index (χ3n) is 2.54. The number of aliphatic hydroxyl groups is 1. The van der Waals surface area contributed by atoms with Crippen molar-refractivity contribution in [3.05, 3.63) is 28.2 Å². The second kappa shape index (κ2) is 9.31. The van der Waals surface area contributed by atoms with Gasteiger partial charge in [0.05, 0.1) is 17.2 Å². The van der Waals surface area contributed by atoms with E-state index in [1.165, 1.54) is 5.56 Å². The Morgan fingerprint density at radius 3 is 2.68 bits per heavy atom. The minimum atomic E-state index is -0.290. The summed E-state index contributed by atoms with van der Waals surface area (Å²) >= 11 is 3.50. The van der Waals surface area contributed by atoms with Gasteiger partial charge in [-0.1, -0.05) is 6.07 Å². The molecule has 0 spiro atoms. The number of benzene rings is 1. The van der Waals surface area contributed by atoms with Gasteiger partial charge >= 0.3 is 0 Å². The molecule has 5 heteroatoms. The highest BCUT2D eigenvalue weighted by Gasteiger charge is 2.01. The molecule has 4 nitrogen and oxygen atoms in total. The molecule has 0 saturated heterocycles. The van der Waals surface area contributed by atoms with E-state index in [0.717, 1.165) is 29.9 Å². The van der Waals surface area contributed by atoms with Crippen molar-refractivity contribution in [1.29, 1.82) is 0 Å². The maximum absolute atomic E-state index is 9.09. The summed E-state index contributed by atoms with van der Waals surface area (Å²) < 4.78 is 6.46. The van der Waals surface area contributed by atoms with Crippen LogP contribution in [0.1, 0.15) is 19.4 Å². The van der Waals surface area contributed by atoms with Crippen LogP contribution in [0.5, 0.6) is 5.75 Å². The van der Waals surface area contributed by atoms with Crippen LogP contribution in [-0.2, 0) is 6.54 Å². The number of ether oxygens (including phenoxy) is 1. The molecule has 19 heavy (non-hydrogen) atoms. The zero-order valence-electron chi connectivity index (χ0n) is 11.6. The molecule has 3 N–H and O–H groups in total. The average Bonchev–Trinajstić information content (AvgIpc) is 2.36. The number of hydrogen-bond acceptors (Lipinski definition) is 4. The molecule has 0 fully saturated rings. The second-order valence-corrected chi connectivity index (χ2v) is 5.28. The molecule has 0 bridgehead atoms. The lowest BCUT2D eigenvalue weighted by Gasteiger charge is -2.10. The third kappa shape index (κ3) is 6.92. The summed E-state index contributed by atoms with van der Waals surface area (Å²) in [4.78, 5) is 0. The van der Waals surface area contributed by atoms with Crippen LogP contribution in [0.25, 0.3) is 0 Å². The molecular weight excluding hydrogens is 308 g/mol. The summed E-state index contributed by atoms with van der Waals surface area (Å²) in [7, 11) is 0. The van der Waals surface area contributed by atoms with Gasteiger partial charge in [-0.25, -0.2) is 0 Å². The molecule has 1 unspecified atom stereocenters. The Balaban J connectivity index is 2.24. The van der Waals surface area contributed by atoms with Crippen molar-refractivity contribution < 1.29 is 9.84 Å².